The van der Waals surface area contributed by atoms with Crippen LogP contribution in [0, 0.1) is 0 Å². The van der Waals surface area contributed by atoms with Gasteiger partial charge in [0.15, 0.2) is 0 Å². The highest BCUT2D eigenvalue weighted by atomic mass is 14.9. The maximum absolute atomic E-state index is 3.69. The predicted molar refractivity (Wildman–Crippen MR) is 131 cm³/mol. The van der Waals surface area contributed by atoms with Gasteiger partial charge in [0.1, 0.15) is 0 Å². The van der Waals surface area contributed by atoms with Crippen molar-refractivity contribution in [1.29, 1.82) is 0 Å². The molecule has 0 amide bonds. The van der Waals surface area contributed by atoms with E-state index in [0.29, 0.717) is 12.1 Å². The summed E-state index contributed by atoms with van der Waals surface area (Å²) in [6.45, 7) is 17.9. The van der Waals surface area contributed by atoms with Crippen LogP contribution >= 0.6 is 0 Å². The summed E-state index contributed by atoms with van der Waals surface area (Å²) in [5.41, 5.74) is 11.3. The van der Waals surface area contributed by atoms with E-state index in [1.165, 1.54) is 44.8 Å². The highest BCUT2D eigenvalue weighted by Gasteiger charge is 2.13. The number of hydrogen-bond acceptors (Lipinski definition) is 2. The van der Waals surface area contributed by atoms with E-state index in [9.17, 15) is 0 Å². The number of anilines is 2. The quantitative estimate of drug-likeness (QED) is 0.446. The Morgan fingerprint density at radius 3 is 1.03 bits per heavy atom. The van der Waals surface area contributed by atoms with Crippen molar-refractivity contribution in [3.63, 3.8) is 0 Å². The number of benzene rings is 2. The summed E-state index contributed by atoms with van der Waals surface area (Å²) in [7, 11) is 0. The van der Waals surface area contributed by atoms with Gasteiger partial charge in [-0.1, -0.05) is 52.0 Å². The third-order valence-corrected chi connectivity index (χ3v) is 5.52. The van der Waals surface area contributed by atoms with Crippen LogP contribution < -0.4 is 10.6 Å². The van der Waals surface area contributed by atoms with Crippen molar-refractivity contribution < 1.29 is 0 Å². The van der Waals surface area contributed by atoms with Gasteiger partial charge in [-0.2, -0.15) is 0 Å². The van der Waals surface area contributed by atoms with Gasteiger partial charge in [0.25, 0.3) is 0 Å². The van der Waals surface area contributed by atoms with E-state index < -0.39 is 0 Å². The first-order valence-corrected chi connectivity index (χ1v) is 11.6. The van der Waals surface area contributed by atoms with Gasteiger partial charge < -0.3 is 10.6 Å². The van der Waals surface area contributed by atoms with Gasteiger partial charge in [0.05, 0.1) is 0 Å². The first kappa shape index (κ1) is 23.3. The molecule has 0 aliphatic rings. The molecule has 0 saturated carbocycles. The van der Waals surface area contributed by atoms with Crippen LogP contribution in [0.25, 0.3) is 0 Å². The molecule has 0 unspecified atom stereocenters. The van der Waals surface area contributed by atoms with Crippen LogP contribution in [0.2, 0.25) is 0 Å². The molecule has 0 atom stereocenters. The average Bonchev–Trinajstić information content (AvgIpc) is 2.68. The van der Waals surface area contributed by atoms with Crippen LogP contribution in [0.5, 0.6) is 0 Å². The molecule has 0 heterocycles. The van der Waals surface area contributed by atoms with E-state index in [2.05, 4.69) is 90.3 Å². The van der Waals surface area contributed by atoms with Crippen LogP contribution in [-0.2, 0) is 32.1 Å². The largest absolute Gasteiger partial charge is 0.382 e. The van der Waals surface area contributed by atoms with Crippen molar-refractivity contribution in [2.75, 3.05) is 10.6 Å². The number of aryl methyl sites for hydroxylation is 4. The molecule has 0 bridgehead atoms. The Hall–Kier alpha value is -1.96. The van der Waals surface area contributed by atoms with E-state index >= 15 is 0 Å². The summed E-state index contributed by atoms with van der Waals surface area (Å²) >= 11 is 0. The van der Waals surface area contributed by atoms with E-state index in [0.717, 1.165) is 32.1 Å². The van der Waals surface area contributed by atoms with E-state index in [-0.39, 0.29) is 0 Å². The fraction of sp³-hybridized carbons (Fsp3) is 0.556. The first-order valence-electron chi connectivity index (χ1n) is 11.6. The topological polar surface area (TPSA) is 24.1 Å². The van der Waals surface area contributed by atoms with Crippen molar-refractivity contribution in [1.82, 2.24) is 0 Å². The molecule has 2 rings (SSSR count). The van der Waals surface area contributed by atoms with Crippen LogP contribution in [-0.4, -0.2) is 12.1 Å². The van der Waals surface area contributed by atoms with Crippen LogP contribution in [0.15, 0.2) is 24.3 Å². The minimum atomic E-state index is 0.455. The highest BCUT2D eigenvalue weighted by Crippen LogP contribution is 2.30. The summed E-state index contributed by atoms with van der Waals surface area (Å²) in [4.78, 5) is 0. The van der Waals surface area contributed by atoms with Crippen molar-refractivity contribution in [2.24, 2.45) is 0 Å². The van der Waals surface area contributed by atoms with Gasteiger partial charge in [0.2, 0.25) is 0 Å². The molecule has 0 aliphatic carbocycles. The Kier molecular flexibility index (Phi) is 8.61. The lowest BCUT2D eigenvalue weighted by Crippen LogP contribution is -2.14. The average molecular weight is 395 g/mol. The molecule has 29 heavy (non-hydrogen) atoms. The minimum Gasteiger partial charge on any atom is -0.382 e. The molecule has 2 heteroatoms. The van der Waals surface area contributed by atoms with Crippen molar-refractivity contribution in [3.8, 4) is 0 Å². The van der Waals surface area contributed by atoms with E-state index in [1.54, 1.807) is 0 Å². The lowest BCUT2D eigenvalue weighted by atomic mass is 9.92. The molecule has 2 nitrogen and oxygen atoms in total. The smallest absolute Gasteiger partial charge is 0.0407 e. The molecule has 160 valence electrons. The minimum absolute atomic E-state index is 0.455. The lowest BCUT2D eigenvalue weighted by molar-refractivity contribution is 0.884. The number of nitrogens with one attached hydrogen (secondary N) is 2. The van der Waals surface area contributed by atoms with Crippen LogP contribution in [0.4, 0.5) is 11.4 Å². The summed E-state index contributed by atoms with van der Waals surface area (Å²) < 4.78 is 0. The Morgan fingerprint density at radius 1 is 0.552 bits per heavy atom. The fourth-order valence-corrected chi connectivity index (χ4v) is 4.18. The Bertz CT molecular complexity index is 685. The van der Waals surface area contributed by atoms with E-state index in [1.807, 2.05) is 0 Å². The zero-order valence-corrected chi connectivity index (χ0v) is 20.0. The van der Waals surface area contributed by atoms with Gasteiger partial charge in [0, 0.05) is 23.5 Å². The molecular formula is C27H42N2. The lowest BCUT2D eigenvalue weighted by Gasteiger charge is -2.21. The molecule has 0 spiro atoms. The summed E-state index contributed by atoms with van der Waals surface area (Å²) in [5.74, 6) is 0. The Labute approximate surface area is 179 Å². The molecule has 2 N–H and O–H groups in total. The van der Waals surface area contributed by atoms with Crippen molar-refractivity contribution in [3.05, 3.63) is 57.6 Å². The predicted octanol–water partition coefficient (Wildman–Crippen LogP) is 7.17. The molecular weight excluding hydrogens is 352 g/mol. The standard InChI is InChI=1S/C27H42N2/c1-9-22-14-20(15-23(10-2)26(22)28-18(5)6)13-21-16-24(11-3)27(29-19(7)8)25(12-4)17-21/h14-19,28-29H,9-13H2,1-8H3. The second-order valence-electron chi connectivity index (χ2n) is 8.77. The fourth-order valence-electron chi connectivity index (χ4n) is 4.18. The van der Waals surface area contributed by atoms with Crippen molar-refractivity contribution >= 4 is 11.4 Å². The molecule has 2 aromatic rings. The van der Waals surface area contributed by atoms with Gasteiger partial charge in [-0.3, -0.25) is 0 Å². The number of rotatable bonds is 10. The number of hydrogen-bond donors (Lipinski definition) is 2. The normalized spacial score (nSPS) is 11.4. The Morgan fingerprint density at radius 2 is 0.828 bits per heavy atom. The second-order valence-corrected chi connectivity index (χ2v) is 8.77. The van der Waals surface area contributed by atoms with E-state index in [4.69, 9.17) is 0 Å². The van der Waals surface area contributed by atoms with Gasteiger partial charge in [-0.05, 0) is 93.2 Å². The van der Waals surface area contributed by atoms with Gasteiger partial charge in [-0.15, -0.1) is 0 Å². The maximum Gasteiger partial charge on any atom is 0.0407 e. The molecule has 0 saturated heterocycles. The van der Waals surface area contributed by atoms with Crippen LogP contribution in [0.3, 0.4) is 0 Å². The third kappa shape index (κ3) is 6.01. The first-order chi connectivity index (χ1) is 13.8. The Balaban J connectivity index is 2.45. The highest BCUT2D eigenvalue weighted by molar-refractivity contribution is 5.62. The molecule has 2 aromatic carbocycles. The zero-order valence-electron chi connectivity index (χ0n) is 20.0. The zero-order chi connectivity index (χ0) is 21.6. The monoisotopic (exact) mass is 394 g/mol. The second kappa shape index (κ2) is 10.7. The van der Waals surface area contributed by atoms with Gasteiger partial charge >= 0.3 is 0 Å². The SMILES string of the molecule is CCc1cc(Cc2cc(CC)c(NC(C)C)c(CC)c2)cc(CC)c1NC(C)C. The summed E-state index contributed by atoms with van der Waals surface area (Å²) in [6.07, 6.45) is 5.26. The van der Waals surface area contributed by atoms with Crippen molar-refractivity contribution in [2.45, 2.75) is 99.6 Å². The molecule has 0 fully saturated rings. The maximum atomic E-state index is 3.69. The summed E-state index contributed by atoms with van der Waals surface area (Å²) in [5, 5.41) is 7.38. The van der Waals surface area contributed by atoms with Gasteiger partial charge in [-0.25, -0.2) is 0 Å². The van der Waals surface area contributed by atoms with Crippen LogP contribution in [0.1, 0.15) is 88.8 Å². The summed E-state index contributed by atoms with van der Waals surface area (Å²) in [6, 6.07) is 10.6. The molecule has 0 aliphatic heterocycles. The molecule has 0 radical (unpaired) electrons. The third-order valence-electron chi connectivity index (χ3n) is 5.52. The molecule has 0 aromatic heterocycles.